The van der Waals surface area contributed by atoms with Crippen molar-refractivity contribution >= 4 is 67.1 Å². The number of carbonyl (C=O) groups is 4. The number of carbonyl (C=O) groups excluding carboxylic acids is 4. The summed E-state index contributed by atoms with van der Waals surface area (Å²) in [6.07, 6.45) is 9.31. The lowest BCUT2D eigenvalue weighted by molar-refractivity contribution is -0.155. The molecule has 2 aliphatic heterocycles. The van der Waals surface area contributed by atoms with Gasteiger partial charge in [-0.15, -0.1) is 0 Å². The van der Waals surface area contributed by atoms with Crippen LogP contribution in [0, 0.1) is 0 Å². The molecule has 0 aromatic carbocycles. The average Bonchev–Trinajstić information content (AvgIpc) is 3.88. The SMILES string of the molecule is CN(CCN(C)CC(O)C(=O)OCCCCOC(=O)CCCC[C@@H]1CCSS1)CCN(C)CC(O)C(=O)OCCCCOC(=O)CCCC[C@@H]1CCSS1. The summed E-state index contributed by atoms with van der Waals surface area (Å²) in [5, 5.41) is 22.0. The molecule has 13 nitrogen and oxygen atoms in total. The van der Waals surface area contributed by atoms with E-state index in [-0.39, 0.29) is 38.2 Å². The van der Waals surface area contributed by atoms with Gasteiger partial charge in [0.25, 0.3) is 0 Å². The molecule has 2 N–H and O–H groups in total. The standard InChI is InChI=1S/C37H67N3O10S4/c1-38(18-20-39(2)28-32(41)36(45)49-24-10-8-22-47-34(43)14-6-4-12-30-16-26-51-53-30)19-21-40(3)29-33(42)37(46)50-25-11-9-23-48-35(44)15-7-5-13-31-17-27-52-54-31/h30-33,41-42H,4-29H2,1-3H3/t30-,31-,32?,33?/m1/s1. The highest BCUT2D eigenvalue weighted by Crippen LogP contribution is 2.40. The van der Waals surface area contributed by atoms with Gasteiger partial charge in [0.15, 0.2) is 12.2 Å². The van der Waals surface area contributed by atoms with Crippen LogP contribution in [-0.4, -0.2) is 170 Å². The van der Waals surface area contributed by atoms with Gasteiger partial charge in [0.05, 0.1) is 26.4 Å². The molecule has 0 aromatic heterocycles. The van der Waals surface area contributed by atoms with Crippen LogP contribution in [0.5, 0.6) is 0 Å². The van der Waals surface area contributed by atoms with E-state index in [1.54, 1.807) is 0 Å². The minimum absolute atomic E-state index is 0.140. The van der Waals surface area contributed by atoms with E-state index in [0.29, 0.717) is 77.9 Å². The first-order valence-corrected chi connectivity index (χ1v) is 24.4. The first-order chi connectivity index (χ1) is 26.0. The van der Waals surface area contributed by atoms with Gasteiger partial charge in [0.1, 0.15) is 0 Å². The summed E-state index contributed by atoms with van der Waals surface area (Å²) >= 11 is 0. The Morgan fingerprint density at radius 3 is 1.30 bits per heavy atom. The number of aliphatic hydroxyl groups is 2. The van der Waals surface area contributed by atoms with Crippen LogP contribution in [0.15, 0.2) is 0 Å². The van der Waals surface area contributed by atoms with Crippen LogP contribution in [-0.2, 0) is 38.1 Å². The molecule has 4 atom stereocenters. The quantitative estimate of drug-likeness (QED) is 0.0417. The van der Waals surface area contributed by atoms with Crippen molar-refractivity contribution in [1.82, 2.24) is 14.7 Å². The maximum Gasteiger partial charge on any atom is 0.336 e. The monoisotopic (exact) mass is 841 g/mol. The van der Waals surface area contributed by atoms with Gasteiger partial charge in [0, 0.05) is 74.1 Å². The van der Waals surface area contributed by atoms with Crippen molar-refractivity contribution < 1.29 is 48.3 Å². The van der Waals surface area contributed by atoms with Crippen molar-refractivity contribution in [1.29, 1.82) is 0 Å². The molecular weight excluding hydrogens is 775 g/mol. The van der Waals surface area contributed by atoms with Crippen molar-refractivity contribution in [2.75, 3.05) is 98.3 Å². The predicted octanol–water partition coefficient (Wildman–Crippen LogP) is 4.67. The molecule has 54 heavy (non-hydrogen) atoms. The molecule has 2 aliphatic rings. The first kappa shape index (κ1) is 49.2. The zero-order valence-electron chi connectivity index (χ0n) is 32.8. The Hall–Kier alpha value is -0.920. The smallest absolute Gasteiger partial charge is 0.336 e. The second-order valence-electron chi connectivity index (χ2n) is 14.2. The largest absolute Gasteiger partial charge is 0.466 e. The second kappa shape index (κ2) is 31.1. The summed E-state index contributed by atoms with van der Waals surface area (Å²) in [7, 11) is 13.4. The Labute approximate surface area is 339 Å². The highest BCUT2D eigenvalue weighted by atomic mass is 33.1. The number of likely N-dealkylation sites (N-methyl/N-ethyl adjacent to an activating group) is 3. The third-order valence-electron chi connectivity index (χ3n) is 9.10. The highest BCUT2D eigenvalue weighted by Gasteiger charge is 2.21. The minimum atomic E-state index is -1.26. The number of nitrogens with zero attached hydrogens (tertiary/aromatic N) is 3. The number of aliphatic hydroxyl groups excluding tert-OH is 2. The molecule has 0 amide bonds. The number of ether oxygens (including phenoxy) is 4. The Morgan fingerprint density at radius 2 is 0.926 bits per heavy atom. The molecule has 314 valence electrons. The molecule has 0 aliphatic carbocycles. The van der Waals surface area contributed by atoms with Crippen LogP contribution >= 0.6 is 43.2 Å². The van der Waals surface area contributed by atoms with Crippen molar-refractivity contribution in [2.45, 2.75) is 113 Å². The van der Waals surface area contributed by atoms with Crippen molar-refractivity contribution in [2.24, 2.45) is 0 Å². The molecule has 0 bridgehead atoms. The first-order valence-electron chi connectivity index (χ1n) is 19.7. The lowest BCUT2D eigenvalue weighted by Crippen LogP contribution is -2.42. The lowest BCUT2D eigenvalue weighted by atomic mass is 10.1. The Morgan fingerprint density at radius 1 is 0.556 bits per heavy atom. The molecule has 2 heterocycles. The predicted molar refractivity (Wildman–Crippen MR) is 221 cm³/mol. The summed E-state index contributed by atoms with van der Waals surface area (Å²) in [6, 6.07) is 0. The van der Waals surface area contributed by atoms with E-state index in [0.717, 1.165) is 49.0 Å². The summed E-state index contributed by atoms with van der Waals surface area (Å²) < 4.78 is 21.0. The normalized spacial score (nSPS) is 18.3. The van der Waals surface area contributed by atoms with Gasteiger partial charge in [-0.1, -0.05) is 56.0 Å². The maximum atomic E-state index is 12.2. The molecule has 2 fully saturated rings. The number of rotatable bonds is 32. The number of hydrogen-bond acceptors (Lipinski definition) is 17. The molecule has 2 unspecified atom stereocenters. The van der Waals surface area contributed by atoms with Gasteiger partial charge in [-0.05, 0) is 85.4 Å². The number of unbranched alkanes of at least 4 members (excludes halogenated alkanes) is 4. The van der Waals surface area contributed by atoms with E-state index in [1.165, 1.54) is 24.3 Å². The van der Waals surface area contributed by atoms with Crippen LogP contribution in [0.2, 0.25) is 0 Å². The molecule has 2 rings (SSSR count). The highest BCUT2D eigenvalue weighted by molar-refractivity contribution is 8.77. The molecule has 0 radical (unpaired) electrons. The van der Waals surface area contributed by atoms with Gasteiger partial charge < -0.3 is 43.9 Å². The van der Waals surface area contributed by atoms with Gasteiger partial charge >= 0.3 is 23.9 Å². The fourth-order valence-corrected chi connectivity index (χ4v) is 11.6. The molecule has 2 saturated heterocycles. The second-order valence-corrected chi connectivity index (χ2v) is 19.8. The van der Waals surface area contributed by atoms with E-state index < -0.39 is 24.1 Å². The molecule has 0 saturated carbocycles. The average molecular weight is 842 g/mol. The van der Waals surface area contributed by atoms with Crippen molar-refractivity contribution in [3.05, 3.63) is 0 Å². The fraction of sp³-hybridized carbons (Fsp3) is 0.892. The third kappa shape index (κ3) is 25.4. The Kier molecular flexibility index (Phi) is 28.4. The van der Waals surface area contributed by atoms with Crippen LogP contribution in [0.25, 0.3) is 0 Å². The summed E-state index contributed by atoms with van der Waals surface area (Å²) in [4.78, 5) is 54.1. The van der Waals surface area contributed by atoms with Crippen LogP contribution in [0.4, 0.5) is 0 Å². The van der Waals surface area contributed by atoms with Gasteiger partial charge in [-0.3, -0.25) is 9.59 Å². The Bertz CT molecular complexity index is 962. The maximum absolute atomic E-state index is 12.2. The summed E-state index contributed by atoms with van der Waals surface area (Å²) in [5.41, 5.74) is 0. The van der Waals surface area contributed by atoms with E-state index in [9.17, 15) is 29.4 Å². The van der Waals surface area contributed by atoms with Crippen LogP contribution < -0.4 is 0 Å². The minimum Gasteiger partial charge on any atom is -0.466 e. The lowest BCUT2D eigenvalue weighted by Gasteiger charge is -2.26. The van der Waals surface area contributed by atoms with E-state index in [1.807, 2.05) is 74.1 Å². The zero-order chi connectivity index (χ0) is 39.4. The molecule has 0 spiro atoms. The van der Waals surface area contributed by atoms with Crippen molar-refractivity contribution in [3.63, 3.8) is 0 Å². The Balaban J connectivity index is 1.39. The van der Waals surface area contributed by atoms with Gasteiger partial charge in [-0.25, -0.2) is 9.59 Å². The van der Waals surface area contributed by atoms with Crippen LogP contribution in [0.3, 0.4) is 0 Å². The van der Waals surface area contributed by atoms with E-state index >= 15 is 0 Å². The fourth-order valence-electron chi connectivity index (χ4n) is 5.59. The summed E-state index contributed by atoms with van der Waals surface area (Å²) in [5.74, 6) is 0.761. The summed E-state index contributed by atoms with van der Waals surface area (Å²) in [6.45, 7) is 3.80. The van der Waals surface area contributed by atoms with Gasteiger partial charge in [0.2, 0.25) is 0 Å². The molecule has 0 aromatic rings. The number of hydrogen-bond donors (Lipinski definition) is 2. The third-order valence-corrected chi connectivity index (χ3v) is 15.1. The number of esters is 4. The van der Waals surface area contributed by atoms with E-state index in [4.69, 9.17) is 18.9 Å². The van der Waals surface area contributed by atoms with Crippen LogP contribution in [0.1, 0.15) is 89.9 Å². The van der Waals surface area contributed by atoms with Gasteiger partial charge in [-0.2, -0.15) is 0 Å². The van der Waals surface area contributed by atoms with E-state index in [2.05, 4.69) is 4.90 Å². The zero-order valence-corrected chi connectivity index (χ0v) is 36.1. The van der Waals surface area contributed by atoms with Crippen molar-refractivity contribution in [3.8, 4) is 0 Å². The molecule has 17 heteroatoms. The topological polar surface area (TPSA) is 155 Å². The molecular formula is C37H67N3O10S4.